The van der Waals surface area contributed by atoms with Crippen molar-refractivity contribution in [2.24, 2.45) is 0 Å². The molecule has 0 aromatic carbocycles. The maximum Gasteiger partial charge on any atom is 0.217 e. The van der Waals surface area contributed by atoms with E-state index in [1.54, 1.807) is 0 Å². The summed E-state index contributed by atoms with van der Waals surface area (Å²) in [6.45, 7) is -1.30. The van der Waals surface area contributed by atoms with Crippen LogP contribution in [0.5, 0.6) is 0 Å². The van der Waals surface area contributed by atoms with Crippen LogP contribution in [-0.2, 0) is 61.7 Å². The highest BCUT2D eigenvalue weighted by Crippen LogP contribution is 2.37. The first-order chi connectivity index (χ1) is 34.0. The molecule has 6 aliphatic rings. The van der Waals surface area contributed by atoms with Gasteiger partial charge in [-0.05, 0) is 6.92 Å². The molecule has 0 unspecified atom stereocenters. The molecule has 0 aromatic heterocycles. The summed E-state index contributed by atoms with van der Waals surface area (Å²) < 4.78 is 63.7. The molecule has 2 amide bonds. The molecule has 6 fully saturated rings. The van der Waals surface area contributed by atoms with E-state index >= 15 is 0 Å². The molecule has 418 valence electrons. The normalized spacial score (nSPS) is 50.3. The molecule has 0 spiro atoms. The molecule has 19 N–H and O–H groups in total. The molecule has 0 radical (unpaired) electrons. The van der Waals surface area contributed by atoms with Crippen LogP contribution in [0.3, 0.4) is 0 Å². The van der Waals surface area contributed by atoms with Crippen molar-refractivity contribution in [1.29, 1.82) is 0 Å². The predicted molar refractivity (Wildman–Crippen MR) is 221 cm³/mol. The highest BCUT2D eigenvalue weighted by atomic mass is 16.8. The van der Waals surface area contributed by atoms with E-state index in [1.807, 2.05) is 0 Å². The van der Waals surface area contributed by atoms with Gasteiger partial charge in [-0.25, -0.2) is 0 Å². The van der Waals surface area contributed by atoms with Gasteiger partial charge in [0.2, 0.25) is 11.8 Å². The fraction of sp³-hybridized carbons (Fsp3) is 0.950. The Morgan fingerprint density at radius 3 is 1.25 bits per heavy atom. The van der Waals surface area contributed by atoms with Crippen LogP contribution in [0.15, 0.2) is 0 Å². The van der Waals surface area contributed by atoms with Crippen LogP contribution < -0.4 is 10.6 Å². The molecule has 32 heteroatoms. The van der Waals surface area contributed by atoms with Gasteiger partial charge >= 0.3 is 0 Å². The SMILES string of the molecule is CC(=O)N[C@@H]1[C@@H](O[C@@H]2O[C@H](CO)[C@H](O)[C@H](O[C@H]3O[C@H](CO)[C@H](O)[C@H](O)[C@H]3O)[C@H]2O[C@@H]2O[C@@H](C)[C@@H](O)[C@@H](O)[C@@H]2O)[C@@H](O)[C@@H](CO[C@@H]2O[C@H](CO)[C@@H](O)[C@H](O[C@@H]3O[C@H](CO)[C@H](O)[C@H](O)[C@H]3O)[C@H]2NC(C)=O)O[C@@H]1O. The quantitative estimate of drug-likeness (QED) is 0.0643. The number of ether oxygens (including phenoxy) is 11. The standard InChI is InChI=1S/C40H68N2O30/c1-9-19(49)25(55)28(58)37(63-9)72-34-33(71-39-30(60)27(57)21(51)13(5-44)67-39)23(53)15(7-46)68-40(34)70-31-17(41-10(2)47)35(61)64-16(24(31)54)8-62-36-18(42-11(3)48)32(22(52)14(6-45)65-36)69-38-29(59)26(56)20(50)12(4-43)66-38/h9,12-40,43-46,49-61H,4-8H2,1-3H3,(H,41,47)(H,42,48)/t9-,12+,13+,14+,15+,16+,17+,18+,19+,20-,21-,22+,23-,24-,25+,26-,27-,28-,29+,30+,31+,32+,33-,34+,35-,36+,37-,38-,39+,40-/m0/s1. The first-order valence-corrected chi connectivity index (χ1v) is 23.0. The van der Waals surface area contributed by atoms with Crippen LogP contribution in [0, 0.1) is 0 Å². The van der Waals surface area contributed by atoms with Gasteiger partial charge in [-0.15, -0.1) is 0 Å². The Balaban J connectivity index is 1.31. The summed E-state index contributed by atoms with van der Waals surface area (Å²) >= 11 is 0. The van der Waals surface area contributed by atoms with Gasteiger partial charge < -0.3 is 150 Å². The van der Waals surface area contributed by atoms with Gasteiger partial charge in [0.15, 0.2) is 37.7 Å². The van der Waals surface area contributed by atoms with Crippen LogP contribution in [-0.4, -0.2) is 316 Å². The minimum absolute atomic E-state index is 0.791. The Bertz CT molecular complexity index is 1730. The third-order valence-corrected chi connectivity index (χ3v) is 13.2. The lowest BCUT2D eigenvalue weighted by atomic mass is 9.94. The van der Waals surface area contributed by atoms with E-state index in [2.05, 4.69) is 10.6 Å². The largest absolute Gasteiger partial charge is 0.394 e. The van der Waals surface area contributed by atoms with Crippen LogP contribution in [0.25, 0.3) is 0 Å². The topological polar surface area (TPSA) is 504 Å². The summed E-state index contributed by atoms with van der Waals surface area (Å²) in [6, 6.07) is -3.38. The molecule has 32 nitrogen and oxygen atoms in total. The molecule has 0 aromatic rings. The van der Waals surface area contributed by atoms with Crippen LogP contribution in [0.4, 0.5) is 0 Å². The van der Waals surface area contributed by atoms with Crippen molar-refractivity contribution in [3.8, 4) is 0 Å². The van der Waals surface area contributed by atoms with Crippen LogP contribution in [0.1, 0.15) is 20.8 Å². The van der Waals surface area contributed by atoms with E-state index in [9.17, 15) is 96.4 Å². The lowest BCUT2D eigenvalue weighted by Crippen LogP contribution is -2.70. The maximum atomic E-state index is 12.6. The number of hydrogen-bond donors (Lipinski definition) is 19. The van der Waals surface area contributed by atoms with Crippen LogP contribution in [0.2, 0.25) is 0 Å². The average molecular weight is 1060 g/mol. The fourth-order valence-electron chi connectivity index (χ4n) is 9.13. The third kappa shape index (κ3) is 12.6. The van der Waals surface area contributed by atoms with E-state index < -0.39 is 229 Å². The van der Waals surface area contributed by atoms with Crippen LogP contribution >= 0.6 is 0 Å². The Morgan fingerprint density at radius 2 is 0.750 bits per heavy atom. The first-order valence-electron chi connectivity index (χ1n) is 23.0. The summed E-state index contributed by atoms with van der Waals surface area (Å²) in [5, 5.41) is 186. The number of amides is 2. The zero-order valence-electron chi connectivity index (χ0n) is 38.8. The Morgan fingerprint density at radius 1 is 0.389 bits per heavy atom. The predicted octanol–water partition coefficient (Wildman–Crippen LogP) is -12.8. The second kappa shape index (κ2) is 25.3. The van der Waals surface area contributed by atoms with Gasteiger partial charge in [0, 0.05) is 13.8 Å². The summed E-state index contributed by atoms with van der Waals surface area (Å²) in [5.41, 5.74) is 0. The molecule has 6 aliphatic heterocycles. The smallest absolute Gasteiger partial charge is 0.217 e. The molecule has 6 saturated heterocycles. The van der Waals surface area contributed by atoms with Gasteiger partial charge in [0.05, 0.1) is 39.1 Å². The van der Waals surface area contributed by atoms with Crippen molar-refractivity contribution in [2.75, 3.05) is 33.0 Å². The number of aliphatic hydroxyl groups is 17. The molecule has 0 aliphatic carbocycles. The minimum Gasteiger partial charge on any atom is -0.394 e. The maximum absolute atomic E-state index is 12.6. The third-order valence-electron chi connectivity index (χ3n) is 13.2. The number of aliphatic hydroxyl groups excluding tert-OH is 17. The highest BCUT2D eigenvalue weighted by Gasteiger charge is 2.58. The van der Waals surface area contributed by atoms with Crippen molar-refractivity contribution in [3.05, 3.63) is 0 Å². The molecule has 72 heavy (non-hydrogen) atoms. The molecule has 0 saturated carbocycles. The first kappa shape index (κ1) is 59.1. The molecular weight excluding hydrogens is 988 g/mol. The molecule has 6 heterocycles. The van der Waals surface area contributed by atoms with E-state index in [0.29, 0.717) is 0 Å². The second-order valence-corrected chi connectivity index (χ2v) is 18.3. The minimum atomic E-state index is -2.13. The Labute approximate surface area is 408 Å². The van der Waals surface area contributed by atoms with Crippen molar-refractivity contribution < 1.29 is 149 Å². The fourth-order valence-corrected chi connectivity index (χ4v) is 9.13. The van der Waals surface area contributed by atoms with Gasteiger partial charge in [-0.2, -0.15) is 0 Å². The van der Waals surface area contributed by atoms with E-state index in [0.717, 1.165) is 13.8 Å². The monoisotopic (exact) mass is 1060 g/mol. The highest BCUT2D eigenvalue weighted by molar-refractivity contribution is 5.73. The van der Waals surface area contributed by atoms with E-state index in [4.69, 9.17) is 52.1 Å². The van der Waals surface area contributed by atoms with Crippen molar-refractivity contribution >= 4 is 11.8 Å². The lowest BCUT2D eigenvalue weighted by molar-refractivity contribution is -0.401. The number of nitrogens with one attached hydrogen (secondary N) is 2. The summed E-state index contributed by atoms with van der Waals surface area (Å²) in [5.74, 6) is -1.63. The van der Waals surface area contributed by atoms with Crippen molar-refractivity contribution in [3.63, 3.8) is 0 Å². The summed E-state index contributed by atoms with van der Waals surface area (Å²) in [4.78, 5) is 25.1. The van der Waals surface area contributed by atoms with E-state index in [-0.39, 0.29) is 0 Å². The Kier molecular flexibility index (Phi) is 20.8. The lowest BCUT2D eigenvalue weighted by Gasteiger charge is -2.51. The zero-order chi connectivity index (χ0) is 53.2. The van der Waals surface area contributed by atoms with Crippen molar-refractivity contribution in [2.45, 2.75) is 205 Å². The van der Waals surface area contributed by atoms with Gasteiger partial charge in [0.25, 0.3) is 0 Å². The molecular formula is C40H68N2O30. The van der Waals surface area contributed by atoms with Gasteiger partial charge in [-0.1, -0.05) is 0 Å². The zero-order valence-corrected chi connectivity index (χ0v) is 38.8. The number of carbonyl (C=O) groups excluding carboxylic acids is 2. The molecule has 30 atom stereocenters. The molecule has 6 rings (SSSR count). The average Bonchev–Trinajstić information content (AvgIpc) is 3.34. The van der Waals surface area contributed by atoms with E-state index in [1.165, 1.54) is 6.92 Å². The Hall–Kier alpha value is -2.18. The number of rotatable bonds is 17. The number of carbonyl (C=O) groups is 2. The van der Waals surface area contributed by atoms with Gasteiger partial charge in [0.1, 0.15) is 140 Å². The second-order valence-electron chi connectivity index (χ2n) is 18.3. The molecule has 0 bridgehead atoms. The summed E-state index contributed by atoms with van der Waals surface area (Å²) in [6.07, 6.45) is -52.5. The summed E-state index contributed by atoms with van der Waals surface area (Å²) in [7, 11) is 0. The number of hydrogen-bond acceptors (Lipinski definition) is 30. The van der Waals surface area contributed by atoms with Gasteiger partial charge in [-0.3, -0.25) is 9.59 Å². The van der Waals surface area contributed by atoms with Crippen molar-refractivity contribution in [1.82, 2.24) is 10.6 Å².